The van der Waals surface area contributed by atoms with Gasteiger partial charge in [0.15, 0.2) is 0 Å². The lowest BCUT2D eigenvalue weighted by molar-refractivity contribution is 0.225. The second-order valence-electron chi connectivity index (χ2n) is 5.77. The highest BCUT2D eigenvalue weighted by Crippen LogP contribution is 2.29. The SMILES string of the molecule is CNC(Cc1cccs1)CC(C)C(C)(C)C. The van der Waals surface area contributed by atoms with Crippen LogP contribution in [0.4, 0.5) is 0 Å². The van der Waals surface area contributed by atoms with Crippen molar-refractivity contribution in [3.63, 3.8) is 0 Å². The Kier molecular flexibility index (Phi) is 5.00. The third-order valence-electron chi connectivity index (χ3n) is 3.55. The van der Waals surface area contributed by atoms with Crippen LogP contribution in [0.3, 0.4) is 0 Å². The summed E-state index contributed by atoms with van der Waals surface area (Å²) in [5.41, 5.74) is 0.407. The van der Waals surface area contributed by atoms with Gasteiger partial charge >= 0.3 is 0 Å². The molecular formula is C14H25NS. The largest absolute Gasteiger partial charge is 0.317 e. The molecule has 0 radical (unpaired) electrons. The van der Waals surface area contributed by atoms with Crippen molar-refractivity contribution in [3.05, 3.63) is 22.4 Å². The highest BCUT2D eigenvalue weighted by molar-refractivity contribution is 7.09. The topological polar surface area (TPSA) is 12.0 Å². The second kappa shape index (κ2) is 5.83. The van der Waals surface area contributed by atoms with Crippen LogP contribution in [0.25, 0.3) is 0 Å². The molecule has 0 saturated carbocycles. The predicted molar refractivity (Wildman–Crippen MR) is 74.1 cm³/mol. The zero-order chi connectivity index (χ0) is 12.2. The van der Waals surface area contributed by atoms with Crippen molar-refractivity contribution in [3.8, 4) is 0 Å². The van der Waals surface area contributed by atoms with Gasteiger partial charge in [-0.3, -0.25) is 0 Å². The predicted octanol–water partition coefficient (Wildman–Crippen LogP) is 3.95. The molecule has 0 aromatic carbocycles. The molecule has 2 heteroatoms. The smallest absolute Gasteiger partial charge is 0.0115 e. The summed E-state index contributed by atoms with van der Waals surface area (Å²) in [4.78, 5) is 1.49. The van der Waals surface area contributed by atoms with Gasteiger partial charge in [-0.05, 0) is 42.7 Å². The Hall–Kier alpha value is -0.340. The highest BCUT2D eigenvalue weighted by Gasteiger charge is 2.23. The van der Waals surface area contributed by atoms with Crippen molar-refractivity contribution in [2.75, 3.05) is 7.05 Å². The number of likely N-dealkylation sites (N-methyl/N-ethyl adjacent to an activating group) is 1. The van der Waals surface area contributed by atoms with Crippen LogP contribution in [0, 0.1) is 11.3 Å². The molecule has 92 valence electrons. The Labute approximate surface area is 104 Å². The Balaban J connectivity index is 2.49. The lowest BCUT2D eigenvalue weighted by Gasteiger charge is -2.30. The molecule has 1 heterocycles. The maximum atomic E-state index is 3.45. The average molecular weight is 239 g/mol. The van der Waals surface area contributed by atoms with Crippen LogP contribution >= 0.6 is 11.3 Å². The van der Waals surface area contributed by atoms with E-state index in [4.69, 9.17) is 0 Å². The first-order chi connectivity index (χ1) is 7.43. The summed E-state index contributed by atoms with van der Waals surface area (Å²) in [6.07, 6.45) is 2.41. The first kappa shape index (κ1) is 13.7. The summed E-state index contributed by atoms with van der Waals surface area (Å²) in [5, 5.41) is 5.61. The van der Waals surface area contributed by atoms with E-state index in [0.29, 0.717) is 11.5 Å². The maximum absolute atomic E-state index is 3.45. The summed E-state index contributed by atoms with van der Waals surface area (Å²) in [5.74, 6) is 0.741. The third-order valence-corrected chi connectivity index (χ3v) is 4.45. The van der Waals surface area contributed by atoms with E-state index in [9.17, 15) is 0 Å². The van der Waals surface area contributed by atoms with E-state index < -0.39 is 0 Å². The Morgan fingerprint density at radius 2 is 2.06 bits per heavy atom. The van der Waals surface area contributed by atoms with Crippen molar-refractivity contribution < 1.29 is 0 Å². The molecule has 2 atom stereocenters. The van der Waals surface area contributed by atoms with E-state index in [-0.39, 0.29) is 0 Å². The van der Waals surface area contributed by atoms with Gasteiger partial charge in [0.1, 0.15) is 0 Å². The van der Waals surface area contributed by atoms with Gasteiger partial charge in [-0.2, -0.15) is 0 Å². The van der Waals surface area contributed by atoms with Gasteiger partial charge in [-0.1, -0.05) is 33.8 Å². The fraction of sp³-hybridized carbons (Fsp3) is 0.714. The lowest BCUT2D eigenvalue weighted by Crippen LogP contribution is -2.32. The third kappa shape index (κ3) is 4.26. The summed E-state index contributed by atoms with van der Waals surface area (Å²) in [7, 11) is 2.08. The first-order valence-corrected chi connectivity index (χ1v) is 7.01. The quantitative estimate of drug-likeness (QED) is 0.820. The van der Waals surface area contributed by atoms with E-state index in [1.54, 1.807) is 0 Å². The lowest BCUT2D eigenvalue weighted by atomic mass is 9.78. The molecule has 1 rings (SSSR count). The van der Waals surface area contributed by atoms with Crippen molar-refractivity contribution in [2.24, 2.45) is 11.3 Å². The fourth-order valence-electron chi connectivity index (χ4n) is 1.76. The van der Waals surface area contributed by atoms with Crippen molar-refractivity contribution >= 4 is 11.3 Å². The molecule has 0 spiro atoms. The van der Waals surface area contributed by atoms with Crippen LogP contribution in [0.2, 0.25) is 0 Å². The zero-order valence-corrected chi connectivity index (χ0v) is 12.0. The van der Waals surface area contributed by atoms with Crippen LogP contribution < -0.4 is 5.32 Å². The van der Waals surface area contributed by atoms with E-state index >= 15 is 0 Å². The molecule has 0 bridgehead atoms. The number of hydrogen-bond acceptors (Lipinski definition) is 2. The van der Waals surface area contributed by atoms with Gasteiger partial charge in [0.05, 0.1) is 0 Å². The van der Waals surface area contributed by atoms with Crippen LogP contribution in [-0.4, -0.2) is 13.1 Å². The molecule has 1 nitrogen and oxygen atoms in total. The van der Waals surface area contributed by atoms with Crippen LogP contribution in [0.1, 0.15) is 39.0 Å². The van der Waals surface area contributed by atoms with Crippen LogP contribution in [0.15, 0.2) is 17.5 Å². The Morgan fingerprint density at radius 1 is 1.38 bits per heavy atom. The monoisotopic (exact) mass is 239 g/mol. The normalized spacial score (nSPS) is 16.1. The molecular weight excluding hydrogens is 214 g/mol. The van der Waals surface area contributed by atoms with E-state index in [0.717, 1.165) is 12.3 Å². The Morgan fingerprint density at radius 3 is 2.50 bits per heavy atom. The minimum atomic E-state index is 0.407. The molecule has 0 amide bonds. The highest BCUT2D eigenvalue weighted by atomic mass is 32.1. The van der Waals surface area contributed by atoms with E-state index in [1.165, 1.54) is 11.3 Å². The standard InChI is InChI=1S/C14H25NS/c1-11(14(2,3)4)9-12(15-5)10-13-7-6-8-16-13/h6-8,11-12,15H,9-10H2,1-5H3. The average Bonchev–Trinajstić information content (AvgIpc) is 2.67. The molecule has 2 unspecified atom stereocenters. The molecule has 0 saturated heterocycles. The minimum absolute atomic E-state index is 0.407. The zero-order valence-electron chi connectivity index (χ0n) is 11.2. The molecule has 0 aliphatic carbocycles. The summed E-state index contributed by atoms with van der Waals surface area (Å²) < 4.78 is 0. The fourth-order valence-corrected chi connectivity index (χ4v) is 2.54. The van der Waals surface area contributed by atoms with E-state index in [2.05, 4.69) is 57.6 Å². The number of thiophene rings is 1. The van der Waals surface area contributed by atoms with Gasteiger partial charge < -0.3 is 5.32 Å². The molecule has 1 N–H and O–H groups in total. The molecule has 0 aliphatic heterocycles. The summed E-state index contributed by atoms with van der Waals surface area (Å²) in [6, 6.07) is 4.98. The van der Waals surface area contributed by atoms with Crippen molar-refractivity contribution in [1.82, 2.24) is 5.32 Å². The number of nitrogens with one attached hydrogen (secondary N) is 1. The van der Waals surface area contributed by atoms with Gasteiger partial charge in [0, 0.05) is 10.9 Å². The molecule has 0 fully saturated rings. The number of hydrogen-bond donors (Lipinski definition) is 1. The van der Waals surface area contributed by atoms with Gasteiger partial charge in [-0.25, -0.2) is 0 Å². The van der Waals surface area contributed by atoms with Crippen molar-refractivity contribution in [1.29, 1.82) is 0 Å². The summed E-state index contributed by atoms with van der Waals surface area (Å²) in [6.45, 7) is 9.35. The van der Waals surface area contributed by atoms with Gasteiger partial charge in [0.25, 0.3) is 0 Å². The van der Waals surface area contributed by atoms with Gasteiger partial charge in [-0.15, -0.1) is 11.3 Å². The second-order valence-corrected chi connectivity index (χ2v) is 6.80. The molecule has 16 heavy (non-hydrogen) atoms. The molecule has 1 aromatic rings. The number of rotatable bonds is 5. The van der Waals surface area contributed by atoms with Crippen molar-refractivity contribution in [2.45, 2.75) is 46.6 Å². The van der Waals surface area contributed by atoms with Gasteiger partial charge in [0.2, 0.25) is 0 Å². The molecule has 0 aliphatic rings. The maximum Gasteiger partial charge on any atom is 0.0115 e. The minimum Gasteiger partial charge on any atom is -0.317 e. The first-order valence-electron chi connectivity index (χ1n) is 6.13. The van der Waals surface area contributed by atoms with E-state index in [1.807, 2.05) is 11.3 Å². The Bertz CT molecular complexity index is 284. The van der Waals surface area contributed by atoms with Crippen LogP contribution in [-0.2, 0) is 6.42 Å². The summed E-state index contributed by atoms with van der Waals surface area (Å²) >= 11 is 1.86. The molecule has 1 aromatic heterocycles. The van der Waals surface area contributed by atoms with Crippen LogP contribution in [0.5, 0.6) is 0 Å².